The average Bonchev–Trinajstić information content (AvgIpc) is 3.12. The number of thiophene rings is 1. The number of hydrogen-bond acceptors (Lipinski definition) is 4. The largest absolute Gasteiger partial charge is 0.380 e. The second-order valence-corrected chi connectivity index (χ2v) is 8.75. The van der Waals surface area contributed by atoms with Crippen molar-refractivity contribution in [3.63, 3.8) is 0 Å². The predicted octanol–water partition coefficient (Wildman–Crippen LogP) is 4.91. The van der Waals surface area contributed by atoms with Gasteiger partial charge in [0.05, 0.1) is 12.1 Å². The van der Waals surface area contributed by atoms with Crippen molar-refractivity contribution < 1.29 is 4.79 Å². The zero-order chi connectivity index (χ0) is 20.4. The molecular weight excluding hydrogens is 378 g/mol. The lowest BCUT2D eigenvalue weighted by molar-refractivity contribution is 0.0939. The SMILES string of the molecule is Cc1csc(-c2cccc(C(C)NC(=O)c3cc(NC4CNC4)ccc3C)c2)c1. The molecule has 29 heavy (non-hydrogen) atoms. The Bertz CT molecular complexity index is 1020. The van der Waals surface area contributed by atoms with Gasteiger partial charge in [-0.25, -0.2) is 0 Å². The molecule has 1 amide bonds. The van der Waals surface area contributed by atoms with E-state index < -0.39 is 0 Å². The number of amides is 1. The molecule has 2 heterocycles. The fraction of sp³-hybridized carbons (Fsp3) is 0.292. The molecule has 3 aromatic rings. The summed E-state index contributed by atoms with van der Waals surface area (Å²) >= 11 is 1.75. The minimum Gasteiger partial charge on any atom is -0.380 e. The van der Waals surface area contributed by atoms with Gasteiger partial charge in [-0.15, -0.1) is 11.3 Å². The van der Waals surface area contributed by atoms with Crippen LogP contribution < -0.4 is 16.0 Å². The number of hydrogen-bond donors (Lipinski definition) is 3. The van der Waals surface area contributed by atoms with E-state index in [1.807, 2.05) is 32.0 Å². The zero-order valence-electron chi connectivity index (χ0n) is 17.1. The maximum atomic E-state index is 13.0. The molecule has 0 saturated carbocycles. The van der Waals surface area contributed by atoms with Crippen molar-refractivity contribution in [1.29, 1.82) is 0 Å². The van der Waals surface area contributed by atoms with Gasteiger partial charge in [0, 0.05) is 29.2 Å². The molecule has 1 fully saturated rings. The third-order valence-corrected chi connectivity index (χ3v) is 6.48. The van der Waals surface area contributed by atoms with Crippen LogP contribution in [0, 0.1) is 13.8 Å². The summed E-state index contributed by atoms with van der Waals surface area (Å²) in [4.78, 5) is 14.2. The highest BCUT2D eigenvalue weighted by Gasteiger charge is 2.18. The summed E-state index contributed by atoms with van der Waals surface area (Å²) in [7, 11) is 0. The summed E-state index contributed by atoms with van der Waals surface area (Å²) < 4.78 is 0. The second kappa shape index (κ2) is 8.39. The fourth-order valence-corrected chi connectivity index (χ4v) is 4.38. The Hall–Kier alpha value is -2.63. The van der Waals surface area contributed by atoms with E-state index in [1.54, 1.807) is 11.3 Å². The summed E-state index contributed by atoms with van der Waals surface area (Å²) in [6.07, 6.45) is 0. The van der Waals surface area contributed by atoms with Crippen molar-refractivity contribution in [1.82, 2.24) is 10.6 Å². The molecule has 150 valence electrons. The van der Waals surface area contributed by atoms with Crippen molar-refractivity contribution in [2.24, 2.45) is 0 Å². The van der Waals surface area contributed by atoms with Crippen LogP contribution in [-0.2, 0) is 0 Å². The van der Waals surface area contributed by atoms with Crippen LogP contribution in [0.5, 0.6) is 0 Å². The molecule has 1 saturated heterocycles. The van der Waals surface area contributed by atoms with E-state index >= 15 is 0 Å². The standard InChI is InChI=1S/C24H27N3OS/c1-15-9-23(29-14-15)19-6-4-5-18(10-19)17(3)26-24(28)22-11-20(8-7-16(22)2)27-21-12-25-13-21/h4-11,14,17,21,25,27H,12-13H2,1-3H3,(H,26,28). The molecule has 0 aliphatic carbocycles. The maximum Gasteiger partial charge on any atom is 0.252 e. The maximum absolute atomic E-state index is 13.0. The van der Waals surface area contributed by atoms with Gasteiger partial charge < -0.3 is 16.0 Å². The number of benzene rings is 2. The number of carbonyl (C=O) groups is 1. The van der Waals surface area contributed by atoms with Crippen LogP contribution in [0.25, 0.3) is 10.4 Å². The van der Waals surface area contributed by atoms with E-state index in [2.05, 4.69) is 58.6 Å². The van der Waals surface area contributed by atoms with E-state index in [1.165, 1.54) is 16.0 Å². The highest BCUT2D eigenvalue weighted by molar-refractivity contribution is 7.13. The summed E-state index contributed by atoms with van der Waals surface area (Å²) in [5.41, 5.74) is 6.27. The molecule has 5 heteroatoms. The van der Waals surface area contributed by atoms with Gasteiger partial charge in [0.25, 0.3) is 5.91 Å². The van der Waals surface area contributed by atoms with Crippen LogP contribution in [0.4, 0.5) is 5.69 Å². The normalized spacial score (nSPS) is 14.9. The van der Waals surface area contributed by atoms with Crippen LogP contribution in [0.2, 0.25) is 0 Å². The van der Waals surface area contributed by atoms with Gasteiger partial charge >= 0.3 is 0 Å². The topological polar surface area (TPSA) is 53.2 Å². The first-order valence-electron chi connectivity index (χ1n) is 10.0. The summed E-state index contributed by atoms with van der Waals surface area (Å²) in [5, 5.41) is 12.1. The van der Waals surface area contributed by atoms with E-state index in [0.29, 0.717) is 6.04 Å². The quantitative estimate of drug-likeness (QED) is 0.546. The van der Waals surface area contributed by atoms with Crippen LogP contribution in [0.1, 0.15) is 40.0 Å². The Labute approximate surface area is 176 Å². The van der Waals surface area contributed by atoms with Crippen LogP contribution in [-0.4, -0.2) is 25.0 Å². The Balaban J connectivity index is 1.49. The number of aryl methyl sites for hydroxylation is 2. The lowest BCUT2D eigenvalue weighted by Gasteiger charge is -2.29. The van der Waals surface area contributed by atoms with E-state index in [9.17, 15) is 4.79 Å². The van der Waals surface area contributed by atoms with Crippen LogP contribution >= 0.6 is 11.3 Å². The molecule has 1 aromatic heterocycles. The smallest absolute Gasteiger partial charge is 0.252 e. The Morgan fingerprint density at radius 1 is 1.14 bits per heavy atom. The van der Waals surface area contributed by atoms with Gasteiger partial charge in [0.1, 0.15) is 0 Å². The zero-order valence-corrected chi connectivity index (χ0v) is 17.9. The van der Waals surface area contributed by atoms with Gasteiger partial charge in [-0.3, -0.25) is 4.79 Å². The van der Waals surface area contributed by atoms with Crippen molar-refractivity contribution in [2.75, 3.05) is 18.4 Å². The average molecular weight is 406 g/mol. The molecule has 3 N–H and O–H groups in total. The van der Waals surface area contributed by atoms with Gasteiger partial charge in [-0.2, -0.15) is 0 Å². The lowest BCUT2D eigenvalue weighted by Crippen LogP contribution is -2.51. The number of carbonyl (C=O) groups excluding carboxylic acids is 1. The van der Waals surface area contributed by atoms with E-state index in [-0.39, 0.29) is 11.9 Å². The van der Waals surface area contributed by atoms with Gasteiger partial charge in [0.15, 0.2) is 0 Å². The molecule has 4 rings (SSSR count). The second-order valence-electron chi connectivity index (χ2n) is 7.84. The third kappa shape index (κ3) is 4.52. The highest BCUT2D eigenvalue weighted by atomic mass is 32.1. The van der Waals surface area contributed by atoms with Crippen molar-refractivity contribution in [3.8, 4) is 10.4 Å². The minimum absolute atomic E-state index is 0.0391. The first-order chi connectivity index (χ1) is 14.0. The van der Waals surface area contributed by atoms with Crippen molar-refractivity contribution in [3.05, 3.63) is 76.2 Å². The Morgan fingerprint density at radius 2 is 1.97 bits per heavy atom. The first-order valence-corrected chi connectivity index (χ1v) is 10.9. The van der Waals surface area contributed by atoms with Crippen molar-refractivity contribution >= 4 is 22.9 Å². The number of nitrogens with one attached hydrogen (secondary N) is 3. The summed E-state index contributed by atoms with van der Waals surface area (Å²) in [5.74, 6) is -0.0391. The van der Waals surface area contributed by atoms with Crippen LogP contribution in [0.3, 0.4) is 0 Å². The molecule has 1 aliphatic heterocycles. The van der Waals surface area contributed by atoms with Crippen molar-refractivity contribution in [2.45, 2.75) is 32.9 Å². The molecule has 0 bridgehead atoms. The monoisotopic (exact) mass is 405 g/mol. The fourth-order valence-electron chi connectivity index (χ4n) is 3.48. The van der Waals surface area contributed by atoms with Gasteiger partial charge in [-0.05, 0) is 72.7 Å². The number of anilines is 1. The molecule has 1 atom stereocenters. The third-order valence-electron chi connectivity index (χ3n) is 5.38. The molecule has 0 radical (unpaired) electrons. The van der Waals surface area contributed by atoms with Gasteiger partial charge in [-0.1, -0.05) is 24.3 Å². The molecule has 4 nitrogen and oxygen atoms in total. The molecule has 1 unspecified atom stereocenters. The predicted molar refractivity (Wildman–Crippen MR) is 122 cm³/mol. The minimum atomic E-state index is -0.0737. The summed E-state index contributed by atoms with van der Waals surface area (Å²) in [6, 6.07) is 17.0. The number of rotatable bonds is 6. The Morgan fingerprint density at radius 3 is 2.66 bits per heavy atom. The highest BCUT2D eigenvalue weighted by Crippen LogP contribution is 2.29. The molecule has 1 aliphatic rings. The molecular formula is C24H27N3OS. The molecule has 2 aromatic carbocycles. The van der Waals surface area contributed by atoms with E-state index in [0.717, 1.165) is 35.5 Å². The Kier molecular flexibility index (Phi) is 5.69. The molecule has 0 spiro atoms. The first kappa shape index (κ1) is 19.7. The van der Waals surface area contributed by atoms with Crippen LogP contribution in [0.15, 0.2) is 53.9 Å². The van der Waals surface area contributed by atoms with Gasteiger partial charge in [0.2, 0.25) is 0 Å². The summed E-state index contributed by atoms with van der Waals surface area (Å²) in [6.45, 7) is 8.06. The van der Waals surface area contributed by atoms with E-state index in [4.69, 9.17) is 0 Å². The lowest BCUT2D eigenvalue weighted by atomic mass is 10.0.